The lowest BCUT2D eigenvalue weighted by Crippen LogP contribution is -2.40. The molecule has 0 saturated heterocycles. The fraction of sp³-hybridized carbons (Fsp3) is 0.375. The zero-order chi connectivity index (χ0) is 22.2. The number of nitrogens with zero attached hydrogens (tertiary/aromatic N) is 1. The lowest BCUT2D eigenvalue weighted by Gasteiger charge is -2.26. The summed E-state index contributed by atoms with van der Waals surface area (Å²) in [7, 11) is 1.72. The van der Waals surface area contributed by atoms with Gasteiger partial charge in [0.15, 0.2) is 5.96 Å². The molecule has 8 heteroatoms. The Balaban J connectivity index is 0.00000363. The molecular formula is C24H32IN5O2. The van der Waals surface area contributed by atoms with Crippen LogP contribution in [0.25, 0.3) is 0 Å². The summed E-state index contributed by atoms with van der Waals surface area (Å²) in [5.41, 5.74) is 3.72. The van der Waals surface area contributed by atoms with E-state index in [0.717, 1.165) is 23.2 Å². The highest BCUT2D eigenvalue weighted by atomic mass is 127. The fourth-order valence-corrected chi connectivity index (χ4v) is 3.49. The van der Waals surface area contributed by atoms with E-state index in [2.05, 4.69) is 32.3 Å². The first-order valence-electron chi connectivity index (χ1n) is 10.7. The van der Waals surface area contributed by atoms with Crippen molar-refractivity contribution in [3.05, 3.63) is 65.2 Å². The number of guanidine groups is 1. The highest BCUT2D eigenvalue weighted by molar-refractivity contribution is 14.0. The molecule has 2 atom stereocenters. The van der Waals surface area contributed by atoms with Gasteiger partial charge in [0.25, 0.3) is 5.91 Å². The Hall–Kier alpha value is -2.62. The van der Waals surface area contributed by atoms with Crippen molar-refractivity contribution in [2.45, 2.75) is 45.2 Å². The molecule has 0 aromatic heterocycles. The smallest absolute Gasteiger partial charge is 0.251 e. The largest absolute Gasteiger partial charge is 0.356 e. The van der Waals surface area contributed by atoms with Crippen LogP contribution in [0, 0.1) is 0 Å². The van der Waals surface area contributed by atoms with Crippen molar-refractivity contribution in [2.24, 2.45) is 4.99 Å². The Bertz CT molecular complexity index is 946. The number of nitrogens with one attached hydrogen (secondary N) is 4. The van der Waals surface area contributed by atoms with Crippen molar-refractivity contribution in [2.75, 3.05) is 18.9 Å². The van der Waals surface area contributed by atoms with Gasteiger partial charge >= 0.3 is 0 Å². The standard InChI is InChI=1S/C24H31N5O2.HI/c1-4-16(2)28-23(31)18-11-9-17(10-12-18)14-26-24(25-3)27-15-19-13-22(30)29-21-8-6-5-7-20(19)21;/h5-12,16,19H,4,13-15H2,1-3H3,(H,28,31)(H,29,30)(H2,25,26,27);1H. The predicted molar refractivity (Wildman–Crippen MR) is 140 cm³/mol. The Morgan fingerprint density at radius 1 is 1.16 bits per heavy atom. The molecule has 2 aromatic rings. The quantitative estimate of drug-likeness (QED) is 0.241. The number of fused-ring (bicyclic) bond motifs is 1. The van der Waals surface area contributed by atoms with Crippen LogP contribution in [0.2, 0.25) is 0 Å². The maximum atomic E-state index is 12.2. The molecule has 1 aliphatic heterocycles. The van der Waals surface area contributed by atoms with E-state index in [4.69, 9.17) is 0 Å². The first-order valence-corrected chi connectivity index (χ1v) is 10.7. The minimum Gasteiger partial charge on any atom is -0.356 e. The summed E-state index contributed by atoms with van der Waals surface area (Å²) in [5.74, 6) is 0.739. The topological polar surface area (TPSA) is 94.6 Å². The van der Waals surface area contributed by atoms with Crippen LogP contribution >= 0.6 is 24.0 Å². The third kappa shape index (κ3) is 6.94. The molecule has 1 heterocycles. The fourth-order valence-electron chi connectivity index (χ4n) is 3.49. The number of para-hydroxylation sites is 1. The SMILES string of the molecule is CCC(C)NC(=O)c1ccc(CNC(=NC)NCC2CC(=O)Nc3ccccc32)cc1.I. The number of halogens is 1. The molecule has 7 nitrogen and oxygen atoms in total. The molecule has 0 radical (unpaired) electrons. The predicted octanol–water partition coefficient (Wildman–Crippen LogP) is 3.62. The van der Waals surface area contributed by atoms with E-state index in [0.29, 0.717) is 31.0 Å². The third-order valence-corrected chi connectivity index (χ3v) is 5.51. The molecule has 0 aliphatic carbocycles. The van der Waals surface area contributed by atoms with Gasteiger partial charge in [-0.3, -0.25) is 14.6 Å². The molecule has 1 aliphatic rings. The molecule has 0 spiro atoms. The zero-order valence-corrected chi connectivity index (χ0v) is 21.1. The van der Waals surface area contributed by atoms with E-state index >= 15 is 0 Å². The lowest BCUT2D eigenvalue weighted by molar-refractivity contribution is -0.116. The van der Waals surface area contributed by atoms with Crippen LogP contribution < -0.4 is 21.3 Å². The molecule has 3 rings (SSSR count). The third-order valence-electron chi connectivity index (χ3n) is 5.51. The van der Waals surface area contributed by atoms with Crippen molar-refractivity contribution in [1.82, 2.24) is 16.0 Å². The monoisotopic (exact) mass is 549 g/mol. The number of anilines is 1. The van der Waals surface area contributed by atoms with Gasteiger partial charge in [0.2, 0.25) is 5.91 Å². The van der Waals surface area contributed by atoms with E-state index in [9.17, 15) is 9.59 Å². The van der Waals surface area contributed by atoms with Gasteiger partial charge in [-0.2, -0.15) is 0 Å². The number of hydrogen-bond donors (Lipinski definition) is 4. The molecule has 2 amide bonds. The Morgan fingerprint density at radius 2 is 1.88 bits per heavy atom. The normalized spacial score (nSPS) is 16.2. The average molecular weight is 549 g/mol. The zero-order valence-electron chi connectivity index (χ0n) is 18.8. The van der Waals surface area contributed by atoms with Gasteiger partial charge in [-0.15, -0.1) is 24.0 Å². The molecule has 32 heavy (non-hydrogen) atoms. The number of amides is 2. The second kappa shape index (κ2) is 12.4. The lowest BCUT2D eigenvalue weighted by atomic mass is 9.90. The Morgan fingerprint density at radius 3 is 2.56 bits per heavy atom. The van der Waals surface area contributed by atoms with Crippen molar-refractivity contribution in [1.29, 1.82) is 0 Å². The Labute approximate surface area is 206 Å². The number of carbonyl (C=O) groups excluding carboxylic acids is 2. The van der Waals surface area contributed by atoms with Crippen molar-refractivity contribution >= 4 is 47.4 Å². The number of hydrogen-bond acceptors (Lipinski definition) is 3. The number of aliphatic imine (C=N–C) groups is 1. The van der Waals surface area contributed by atoms with Gasteiger partial charge in [0.05, 0.1) is 0 Å². The van der Waals surface area contributed by atoms with Crippen LogP contribution in [0.4, 0.5) is 5.69 Å². The van der Waals surface area contributed by atoms with E-state index in [1.165, 1.54) is 0 Å². The van der Waals surface area contributed by atoms with Crippen LogP contribution in [-0.4, -0.2) is 37.4 Å². The average Bonchev–Trinajstić information content (AvgIpc) is 2.79. The van der Waals surface area contributed by atoms with Crippen LogP contribution in [0.1, 0.15) is 54.1 Å². The van der Waals surface area contributed by atoms with Crippen molar-refractivity contribution in [3.8, 4) is 0 Å². The first kappa shape index (κ1) is 25.6. The van der Waals surface area contributed by atoms with Gasteiger partial charge in [-0.25, -0.2) is 0 Å². The maximum absolute atomic E-state index is 12.2. The van der Waals surface area contributed by atoms with Gasteiger partial charge in [0.1, 0.15) is 0 Å². The van der Waals surface area contributed by atoms with Gasteiger partial charge < -0.3 is 21.3 Å². The molecule has 0 bridgehead atoms. The van der Waals surface area contributed by atoms with E-state index in [-0.39, 0.29) is 47.8 Å². The van der Waals surface area contributed by atoms with E-state index in [1.807, 2.05) is 56.3 Å². The van der Waals surface area contributed by atoms with Gasteiger partial charge in [-0.1, -0.05) is 37.3 Å². The number of benzene rings is 2. The Kier molecular flexibility index (Phi) is 9.96. The molecule has 2 unspecified atom stereocenters. The van der Waals surface area contributed by atoms with Crippen LogP contribution in [-0.2, 0) is 11.3 Å². The summed E-state index contributed by atoms with van der Waals surface area (Å²) in [6.45, 7) is 5.23. The van der Waals surface area contributed by atoms with Crippen molar-refractivity contribution in [3.63, 3.8) is 0 Å². The highest BCUT2D eigenvalue weighted by Gasteiger charge is 2.24. The summed E-state index contributed by atoms with van der Waals surface area (Å²) in [5, 5.41) is 12.5. The number of carbonyl (C=O) groups is 2. The van der Waals surface area contributed by atoms with Crippen LogP contribution in [0.3, 0.4) is 0 Å². The molecule has 0 fully saturated rings. The van der Waals surface area contributed by atoms with Gasteiger partial charge in [-0.05, 0) is 42.7 Å². The summed E-state index contributed by atoms with van der Waals surface area (Å²) in [6.07, 6.45) is 1.35. The minimum absolute atomic E-state index is 0. The summed E-state index contributed by atoms with van der Waals surface area (Å²) in [4.78, 5) is 28.5. The molecule has 172 valence electrons. The summed E-state index contributed by atoms with van der Waals surface area (Å²) >= 11 is 0. The molecular weight excluding hydrogens is 517 g/mol. The maximum Gasteiger partial charge on any atom is 0.251 e. The summed E-state index contributed by atoms with van der Waals surface area (Å²) < 4.78 is 0. The first-order chi connectivity index (χ1) is 15.0. The van der Waals surface area contributed by atoms with E-state index in [1.54, 1.807) is 7.05 Å². The number of rotatable bonds is 7. The second-order valence-corrected chi connectivity index (χ2v) is 7.82. The second-order valence-electron chi connectivity index (χ2n) is 7.82. The van der Waals surface area contributed by atoms with Crippen LogP contribution in [0.5, 0.6) is 0 Å². The molecule has 2 aromatic carbocycles. The van der Waals surface area contributed by atoms with Crippen LogP contribution in [0.15, 0.2) is 53.5 Å². The highest BCUT2D eigenvalue weighted by Crippen LogP contribution is 2.31. The minimum atomic E-state index is -0.0527. The molecule has 4 N–H and O–H groups in total. The summed E-state index contributed by atoms with van der Waals surface area (Å²) in [6, 6.07) is 15.6. The van der Waals surface area contributed by atoms with E-state index < -0.39 is 0 Å². The van der Waals surface area contributed by atoms with Crippen molar-refractivity contribution < 1.29 is 9.59 Å². The molecule has 0 saturated carbocycles. The van der Waals surface area contributed by atoms with Gasteiger partial charge in [0, 0.05) is 49.8 Å².